The Morgan fingerprint density at radius 1 is 1.04 bits per heavy atom. The van der Waals surface area contributed by atoms with Crippen LogP contribution in [0, 0.1) is 0 Å². The zero-order valence-corrected chi connectivity index (χ0v) is 16.8. The Hall–Kier alpha value is -2.35. The monoisotopic (exact) mass is 420 g/mol. The standard InChI is InChI=1S/C20H21ClN2O4S/c21-18-7-4-8-19(15-18)27-16-20(24)22-10-12-23(13-11-22)28(25,26)14-9-17-5-2-1-3-6-17/h1-9,14-15H,10-13,16H2/b14-9+. The summed E-state index contributed by atoms with van der Waals surface area (Å²) < 4.78 is 31.8. The van der Waals surface area contributed by atoms with E-state index < -0.39 is 10.0 Å². The number of hydrogen-bond donors (Lipinski definition) is 0. The minimum atomic E-state index is -3.52. The molecule has 1 aliphatic rings. The number of benzene rings is 2. The molecule has 0 atom stereocenters. The van der Waals surface area contributed by atoms with E-state index in [1.165, 1.54) is 9.71 Å². The Labute approximate surface area is 170 Å². The number of rotatable bonds is 6. The van der Waals surface area contributed by atoms with E-state index in [9.17, 15) is 13.2 Å². The second kappa shape index (κ2) is 9.23. The molecule has 0 N–H and O–H groups in total. The topological polar surface area (TPSA) is 66.9 Å². The van der Waals surface area contributed by atoms with Crippen LogP contribution in [0.1, 0.15) is 5.56 Å². The highest BCUT2D eigenvalue weighted by atomic mass is 35.5. The lowest BCUT2D eigenvalue weighted by atomic mass is 10.2. The zero-order valence-electron chi connectivity index (χ0n) is 15.2. The molecule has 8 heteroatoms. The minimum Gasteiger partial charge on any atom is -0.484 e. The van der Waals surface area contributed by atoms with Crippen molar-refractivity contribution in [1.29, 1.82) is 0 Å². The van der Waals surface area contributed by atoms with Crippen LogP contribution >= 0.6 is 11.6 Å². The van der Waals surface area contributed by atoms with E-state index in [1.54, 1.807) is 35.2 Å². The molecule has 0 radical (unpaired) electrons. The Morgan fingerprint density at radius 3 is 2.43 bits per heavy atom. The van der Waals surface area contributed by atoms with E-state index >= 15 is 0 Å². The quantitative estimate of drug-likeness (QED) is 0.720. The van der Waals surface area contributed by atoms with Gasteiger partial charge in [0.15, 0.2) is 6.61 Å². The average molecular weight is 421 g/mol. The molecule has 2 aromatic carbocycles. The third kappa shape index (κ3) is 5.58. The van der Waals surface area contributed by atoms with Gasteiger partial charge in [0.25, 0.3) is 5.91 Å². The summed E-state index contributed by atoms with van der Waals surface area (Å²) in [5, 5.41) is 1.74. The van der Waals surface area contributed by atoms with Gasteiger partial charge in [-0.25, -0.2) is 8.42 Å². The van der Waals surface area contributed by atoms with Crippen molar-refractivity contribution in [3.63, 3.8) is 0 Å². The Kier molecular flexibility index (Phi) is 6.72. The number of nitrogens with zero attached hydrogens (tertiary/aromatic N) is 2. The molecular weight excluding hydrogens is 400 g/mol. The van der Waals surface area contributed by atoms with Gasteiger partial charge < -0.3 is 9.64 Å². The van der Waals surface area contributed by atoms with Crippen LogP contribution in [0.5, 0.6) is 5.75 Å². The van der Waals surface area contributed by atoms with E-state index in [0.717, 1.165) is 5.56 Å². The SMILES string of the molecule is O=C(COc1cccc(Cl)c1)N1CCN(S(=O)(=O)/C=C/c2ccccc2)CC1. The van der Waals surface area contributed by atoms with Crippen LogP contribution in [-0.4, -0.2) is 56.3 Å². The summed E-state index contributed by atoms with van der Waals surface area (Å²) in [4.78, 5) is 13.9. The zero-order chi connectivity index (χ0) is 20.0. The van der Waals surface area contributed by atoms with Gasteiger partial charge in [0, 0.05) is 36.6 Å². The summed E-state index contributed by atoms with van der Waals surface area (Å²) in [6.07, 6.45) is 1.58. The molecule has 0 saturated carbocycles. The van der Waals surface area contributed by atoms with Gasteiger partial charge >= 0.3 is 0 Å². The molecule has 0 spiro atoms. The molecule has 2 aromatic rings. The predicted octanol–water partition coefficient (Wildman–Crippen LogP) is 2.86. The number of hydrogen-bond acceptors (Lipinski definition) is 4. The number of halogens is 1. The Bertz CT molecular complexity index is 940. The highest BCUT2D eigenvalue weighted by molar-refractivity contribution is 7.92. The van der Waals surface area contributed by atoms with Crippen molar-refractivity contribution in [2.24, 2.45) is 0 Å². The third-order valence-electron chi connectivity index (χ3n) is 4.34. The van der Waals surface area contributed by atoms with E-state index in [-0.39, 0.29) is 25.6 Å². The van der Waals surface area contributed by atoms with Crippen molar-refractivity contribution in [3.05, 3.63) is 70.6 Å². The third-order valence-corrected chi connectivity index (χ3v) is 6.14. The number of ether oxygens (including phenoxy) is 1. The smallest absolute Gasteiger partial charge is 0.260 e. The summed E-state index contributed by atoms with van der Waals surface area (Å²) >= 11 is 5.89. The molecule has 0 aromatic heterocycles. The number of carbonyl (C=O) groups is 1. The van der Waals surface area contributed by atoms with Crippen molar-refractivity contribution < 1.29 is 17.9 Å². The van der Waals surface area contributed by atoms with Crippen LogP contribution in [0.15, 0.2) is 60.0 Å². The van der Waals surface area contributed by atoms with Gasteiger partial charge in [-0.2, -0.15) is 4.31 Å². The molecule has 3 rings (SSSR count). The second-order valence-corrected chi connectivity index (χ2v) is 8.54. The Balaban J connectivity index is 1.50. The van der Waals surface area contributed by atoms with Gasteiger partial charge in [0.1, 0.15) is 5.75 Å². The largest absolute Gasteiger partial charge is 0.484 e. The lowest BCUT2D eigenvalue weighted by Gasteiger charge is -2.33. The van der Waals surface area contributed by atoms with Crippen LogP contribution in [-0.2, 0) is 14.8 Å². The maximum absolute atomic E-state index is 12.5. The maximum Gasteiger partial charge on any atom is 0.260 e. The van der Waals surface area contributed by atoms with Gasteiger partial charge in [0.2, 0.25) is 10.0 Å². The first-order valence-corrected chi connectivity index (χ1v) is 10.7. The number of piperazine rings is 1. The molecule has 0 aliphatic carbocycles. The fraction of sp³-hybridized carbons (Fsp3) is 0.250. The minimum absolute atomic E-state index is 0.110. The molecule has 148 valence electrons. The van der Waals surface area contributed by atoms with E-state index in [0.29, 0.717) is 23.9 Å². The lowest BCUT2D eigenvalue weighted by molar-refractivity contribution is -0.134. The molecule has 28 heavy (non-hydrogen) atoms. The van der Waals surface area contributed by atoms with Crippen molar-refractivity contribution in [2.75, 3.05) is 32.8 Å². The number of sulfonamides is 1. The Morgan fingerprint density at radius 2 is 1.75 bits per heavy atom. The molecule has 6 nitrogen and oxygen atoms in total. The molecule has 0 bridgehead atoms. The van der Waals surface area contributed by atoms with E-state index in [2.05, 4.69) is 0 Å². The summed E-state index contributed by atoms with van der Waals surface area (Å²) in [6, 6.07) is 16.1. The first-order chi connectivity index (χ1) is 13.4. The molecule has 1 aliphatic heterocycles. The van der Waals surface area contributed by atoms with E-state index in [1.807, 2.05) is 30.3 Å². The van der Waals surface area contributed by atoms with E-state index in [4.69, 9.17) is 16.3 Å². The second-order valence-electron chi connectivity index (χ2n) is 6.28. The summed E-state index contributed by atoms with van der Waals surface area (Å²) in [5.74, 6) is 0.338. The average Bonchev–Trinajstić information content (AvgIpc) is 2.71. The van der Waals surface area contributed by atoms with Gasteiger partial charge in [-0.1, -0.05) is 48.0 Å². The first kappa shape index (κ1) is 20.4. The maximum atomic E-state index is 12.5. The van der Waals surface area contributed by atoms with Crippen molar-refractivity contribution in [3.8, 4) is 5.75 Å². The normalized spacial score (nSPS) is 15.7. The summed E-state index contributed by atoms with van der Waals surface area (Å²) in [5.41, 5.74) is 0.818. The number of amides is 1. The summed E-state index contributed by atoms with van der Waals surface area (Å²) in [6.45, 7) is 1.06. The van der Waals surface area contributed by atoms with Crippen molar-refractivity contribution in [2.45, 2.75) is 0 Å². The van der Waals surface area contributed by atoms with Crippen LogP contribution in [0.4, 0.5) is 0 Å². The highest BCUT2D eigenvalue weighted by Gasteiger charge is 2.27. The number of carbonyl (C=O) groups excluding carboxylic acids is 1. The fourth-order valence-electron chi connectivity index (χ4n) is 2.80. The molecule has 0 unspecified atom stereocenters. The fourth-order valence-corrected chi connectivity index (χ4v) is 4.15. The van der Waals surface area contributed by atoms with Gasteiger partial charge in [-0.05, 0) is 29.8 Å². The molecular formula is C20H21ClN2O4S. The summed E-state index contributed by atoms with van der Waals surface area (Å²) in [7, 11) is -3.52. The highest BCUT2D eigenvalue weighted by Crippen LogP contribution is 2.17. The van der Waals surface area contributed by atoms with Crippen molar-refractivity contribution >= 4 is 33.6 Å². The lowest BCUT2D eigenvalue weighted by Crippen LogP contribution is -2.51. The van der Waals surface area contributed by atoms with Gasteiger partial charge in [0.05, 0.1) is 0 Å². The molecule has 1 saturated heterocycles. The molecule has 1 fully saturated rings. The van der Waals surface area contributed by atoms with Gasteiger partial charge in [-0.3, -0.25) is 4.79 Å². The van der Waals surface area contributed by atoms with Crippen LogP contribution < -0.4 is 4.74 Å². The van der Waals surface area contributed by atoms with Crippen molar-refractivity contribution in [1.82, 2.24) is 9.21 Å². The molecule has 1 heterocycles. The van der Waals surface area contributed by atoms with Crippen LogP contribution in [0.25, 0.3) is 6.08 Å². The van der Waals surface area contributed by atoms with Gasteiger partial charge in [-0.15, -0.1) is 0 Å². The van der Waals surface area contributed by atoms with Crippen LogP contribution in [0.3, 0.4) is 0 Å². The first-order valence-electron chi connectivity index (χ1n) is 8.83. The van der Waals surface area contributed by atoms with Crippen LogP contribution in [0.2, 0.25) is 5.02 Å². The predicted molar refractivity (Wildman–Crippen MR) is 109 cm³/mol. The molecule has 1 amide bonds.